The molecule has 0 bridgehead atoms. The van der Waals surface area contributed by atoms with Crippen LogP contribution in [0.25, 0.3) is 0 Å². The Balaban J connectivity index is 2.13. The highest BCUT2D eigenvalue weighted by Gasteiger charge is 2.10. The fraction of sp³-hybridized carbons (Fsp3) is 0.571. The number of rotatable bonds is 2. The van der Waals surface area contributed by atoms with Gasteiger partial charge in [-0.2, -0.15) is 0 Å². The molecular weight excluding hydrogens is 152 g/mol. The molecular formula is C7H9ClO2. The van der Waals surface area contributed by atoms with Gasteiger partial charge in [-0.1, -0.05) is 12.2 Å². The number of hydrogen-bond acceptors (Lipinski definition) is 2. The maximum Gasteiger partial charge on any atom is 0.403 e. The predicted molar refractivity (Wildman–Crippen MR) is 39.1 cm³/mol. The van der Waals surface area contributed by atoms with Gasteiger partial charge >= 0.3 is 5.43 Å². The van der Waals surface area contributed by atoms with E-state index < -0.39 is 5.43 Å². The van der Waals surface area contributed by atoms with Crippen LogP contribution in [0.1, 0.15) is 12.8 Å². The third-order valence-corrected chi connectivity index (χ3v) is 1.63. The van der Waals surface area contributed by atoms with E-state index in [9.17, 15) is 4.79 Å². The van der Waals surface area contributed by atoms with Crippen molar-refractivity contribution >= 4 is 17.0 Å². The van der Waals surface area contributed by atoms with Gasteiger partial charge in [-0.05, 0) is 12.8 Å². The second-order valence-electron chi connectivity index (χ2n) is 2.31. The summed E-state index contributed by atoms with van der Waals surface area (Å²) in [6.07, 6.45) is 6.31. The van der Waals surface area contributed by atoms with Crippen LogP contribution in [0.2, 0.25) is 0 Å². The summed E-state index contributed by atoms with van der Waals surface area (Å²) < 4.78 is 4.60. The van der Waals surface area contributed by atoms with Crippen molar-refractivity contribution in [1.82, 2.24) is 0 Å². The minimum atomic E-state index is -0.708. The average Bonchev–Trinajstić information content (AvgIpc) is 2.34. The Morgan fingerprint density at radius 1 is 1.80 bits per heavy atom. The van der Waals surface area contributed by atoms with Crippen LogP contribution in [0.5, 0.6) is 0 Å². The quantitative estimate of drug-likeness (QED) is 0.458. The molecule has 0 unspecified atom stereocenters. The molecule has 0 amide bonds. The Labute approximate surface area is 64.8 Å². The Kier molecular flexibility index (Phi) is 2.75. The van der Waals surface area contributed by atoms with E-state index in [0.29, 0.717) is 12.5 Å². The summed E-state index contributed by atoms with van der Waals surface area (Å²) in [5, 5.41) is 0. The van der Waals surface area contributed by atoms with Gasteiger partial charge < -0.3 is 4.74 Å². The van der Waals surface area contributed by atoms with E-state index in [-0.39, 0.29) is 0 Å². The van der Waals surface area contributed by atoms with Crippen molar-refractivity contribution in [2.24, 2.45) is 5.92 Å². The van der Waals surface area contributed by atoms with Crippen LogP contribution >= 0.6 is 11.6 Å². The lowest BCUT2D eigenvalue weighted by Gasteiger charge is -2.04. The number of allylic oxidation sites excluding steroid dienone is 1. The first-order valence-corrected chi connectivity index (χ1v) is 3.66. The lowest BCUT2D eigenvalue weighted by Crippen LogP contribution is -2.05. The molecule has 0 aromatic heterocycles. The molecule has 0 fully saturated rings. The van der Waals surface area contributed by atoms with Gasteiger partial charge in [0.25, 0.3) is 0 Å². The Bertz CT molecular complexity index is 154. The SMILES string of the molecule is O=C(Cl)OC[C@H]1C=CCC1. The summed E-state index contributed by atoms with van der Waals surface area (Å²) >= 11 is 4.97. The Morgan fingerprint density at radius 3 is 3.10 bits per heavy atom. The van der Waals surface area contributed by atoms with Crippen molar-refractivity contribution in [3.8, 4) is 0 Å². The van der Waals surface area contributed by atoms with Gasteiger partial charge in [-0.25, -0.2) is 4.79 Å². The van der Waals surface area contributed by atoms with E-state index in [2.05, 4.69) is 16.9 Å². The fourth-order valence-electron chi connectivity index (χ4n) is 1.01. The van der Waals surface area contributed by atoms with Gasteiger partial charge in [0.15, 0.2) is 0 Å². The van der Waals surface area contributed by atoms with Gasteiger partial charge in [0.2, 0.25) is 0 Å². The third kappa shape index (κ3) is 2.40. The number of ether oxygens (including phenoxy) is 1. The molecule has 1 rings (SSSR count). The normalized spacial score (nSPS) is 23.1. The van der Waals surface area contributed by atoms with Crippen molar-refractivity contribution in [3.63, 3.8) is 0 Å². The summed E-state index contributed by atoms with van der Waals surface area (Å²) in [7, 11) is 0. The van der Waals surface area contributed by atoms with Crippen LogP contribution in [-0.2, 0) is 4.74 Å². The number of carbonyl (C=O) groups excluding carboxylic acids is 1. The molecule has 1 aliphatic carbocycles. The van der Waals surface area contributed by atoms with Crippen LogP contribution in [0.4, 0.5) is 4.79 Å². The first kappa shape index (κ1) is 7.61. The number of hydrogen-bond donors (Lipinski definition) is 0. The fourth-order valence-corrected chi connectivity index (χ4v) is 1.07. The average molecular weight is 161 g/mol. The molecule has 0 aliphatic heterocycles. The van der Waals surface area contributed by atoms with Crippen molar-refractivity contribution in [3.05, 3.63) is 12.2 Å². The monoisotopic (exact) mass is 160 g/mol. The smallest absolute Gasteiger partial charge is 0.403 e. The molecule has 2 nitrogen and oxygen atoms in total. The second-order valence-corrected chi connectivity index (χ2v) is 2.62. The second kappa shape index (κ2) is 3.62. The van der Waals surface area contributed by atoms with Crippen LogP contribution in [0.15, 0.2) is 12.2 Å². The van der Waals surface area contributed by atoms with Crippen molar-refractivity contribution < 1.29 is 9.53 Å². The first-order chi connectivity index (χ1) is 4.79. The van der Waals surface area contributed by atoms with Crippen molar-refractivity contribution in [2.45, 2.75) is 12.8 Å². The molecule has 0 saturated carbocycles. The molecule has 56 valence electrons. The minimum absolute atomic E-state index is 0.391. The summed E-state index contributed by atoms with van der Waals surface area (Å²) in [6, 6.07) is 0. The summed E-state index contributed by atoms with van der Waals surface area (Å²) in [4.78, 5) is 10.1. The highest BCUT2D eigenvalue weighted by atomic mass is 35.5. The van der Waals surface area contributed by atoms with E-state index in [1.807, 2.05) is 0 Å². The van der Waals surface area contributed by atoms with E-state index in [4.69, 9.17) is 11.6 Å². The highest BCUT2D eigenvalue weighted by molar-refractivity contribution is 6.61. The standard InChI is InChI=1S/C7H9ClO2/c8-7(9)10-5-6-3-1-2-4-6/h1,3,6H,2,4-5H2/t6-/m0/s1. The zero-order valence-corrected chi connectivity index (χ0v) is 6.30. The number of halogens is 1. The van der Waals surface area contributed by atoms with E-state index in [1.54, 1.807) is 0 Å². The molecule has 0 saturated heterocycles. The van der Waals surface area contributed by atoms with Gasteiger partial charge in [0, 0.05) is 17.5 Å². The molecule has 10 heavy (non-hydrogen) atoms. The predicted octanol–water partition coefficient (Wildman–Crippen LogP) is 2.33. The van der Waals surface area contributed by atoms with Crippen LogP contribution in [-0.4, -0.2) is 12.0 Å². The van der Waals surface area contributed by atoms with Crippen LogP contribution in [0.3, 0.4) is 0 Å². The molecule has 0 spiro atoms. The van der Waals surface area contributed by atoms with Crippen LogP contribution < -0.4 is 0 Å². The van der Waals surface area contributed by atoms with E-state index >= 15 is 0 Å². The van der Waals surface area contributed by atoms with Crippen molar-refractivity contribution in [2.75, 3.05) is 6.61 Å². The molecule has 0 aromatic carbocycles. The summed E-state index contributed by atoms with van der Waals surface area (Å²) in [6.45, 7) is 0.429. The lowest BCUT2D eigenvalue weighted by molar-refractivity contribution is 0.160. The maximum atomic E-state index is 10.1. The molecule has 0 aromatic rings. The maximum absolute atomic E-state index is 10.1. The van der Waals surface area contributed by atoms with Crippen LogP contribution in [0, 0.1) is 5.92 Å². The lowest BCUT2D eigenvalue weighted by atomic mass is 10.1. The summed E-state index contributed by atoms with van der Waals surface area (Å²) in [5.41, 5.74) is -0.708. The summed E-state index contributed by atoms with van der Waals surface area (Å²) in [5.74, 6) is 0.391. The third-order valence-electron chi connectivity index (χ3n) is 1.52. The molecule has 1 atom stereocenters. The molecule has 0 N–H and O–H groups in total. The Morgan fingerprint density at radius 2 is 2.60 bits per heavy atom. The number of carbonyl (C=O) groups is 1. The molecule has 3 heteroatoms. The highest BCUT2D eigenvalue weighted by Crippen LogP contribution is 2.16. The first-order valence-electron chi connectivity index (χ1n) is 3.28. The zero-order valence-electron chi connectivity index (χ0n) is 5.55. The van der Waals surface area contributed by atoms with Gasteiger partial charge in [-0.3, -0.25) is 0 Å². The van der Waals surface area contributed by atoms with Gasteiger partial charge in [0.1, 0.15) is 0 Å². The van der Waals surface area contributed by atoms with Gasteiger partial charge in [-0.15, -0.1) is 0 Å². The van der Waals surface area contributed by atoms with E-state index in [1.165, 1.54) is 0 Å². The topological polar surface area (TPSA) is 26.3 Å². The van der Waals surface area contributed by atoms with Gasteiger partial charge in [0.05, 0.1) is 6.61 Å². The Hall–Kier alpha value is -0.500. The minimum Gasteiger partial charge on any atom is -0.453 e. The van der Waals surface area contributed by atoms with Crippen molar-refractivity contribution in [1.29, 1.82) is 0 Å². The largest absolute Gasteiger partial charge is 0.453 e. The molecule has 1 aliphatic rings. The van der Waals surface area contributed by atoms with E-state index in [0.717, 1.165) is 12.8 Å². The zero-order chi connectivity index (χ0) is 7.40. The molecule has 0 heterocycles. The molecule has 0 radical (unpaired) electrons.